The second kappa shape index (κ2) is 4.59. The predicted octanol–water partition coefficient (Wildman–Crippen LogP) is 3.40. The molecule has 0 amide bonds. The van der Waals surface area contributed by atoms with Crippen molar-refractivity contribution < 1.29 is 0 Å². The summed E-state index contributed by atoms with van der Waals surface area (Å²) in [6.45, 7) is 1.97. The summed E-state index contributed by atoms with van der Waals surface area (Å²) in [6, 6.07) is 10.0. The molecule has 3 rings (SSSR count). The van der Waals surface area contributed by atoms with Gasteiger partial charge in [0.2, 0.25) is 0 Å². The fraction of sp³-hybridized carbons (Fsp3) is 0.0667. The lowest BCUT2D eigenvalue weighted by atomic mass is 10.2. The maximum Gasteiger partial charge on any atom is 0.0824 e. The molecule has 86 valence electrons. The molecule has 0 saturated carbocycles. The van der Waals surface area contributed by atoms with E-state index in [1.165, 1.54) is 4.70 Å². The van der Waals surface area contributed by atoms with Gasteiger partial charge in [0.25, 0.3) is 0 Å². The van der Waals surface area contributed by atoms with E-state index in [1.807, 2.05) is 36.7 Å². The topological polar surface area (TPSA) is 25.8 Å². The number of pyridine rings is 1. The van der Waals surface area contributed by atoms with Crippen LogP contribution >= 0.6 is 11.3 Å². The van der Waals surface area contributed by atoms with Gasteiger partial charge in [0.05, 0.1) is 15.7 Å². The largest absolute Gasteiger partial charge is 0.260 e. The van der Waals surface area contributed by atoms with Gasteiger partial charge >= 0.3 is 0 Å². The second-order valence-electron chi connectivity index (χ2n) is 3.97. The van der Waals surface area contributed by atoms with Crippen LogP contribution in [0.25, 0.3) is 10.2 Å². The Morgan fingerprint density at radius 3 is 2.67 bits per heavy atom. The molecule has 0 N–H and O–H groups in total. The molecule has 0 bridgehead atoms. The molecular formula is C15H10N2S. The van der Waals surface area contributed by atoms with E-state index < -0.39 is 0 Å². The summed E-state index contributed by atoms with van der Waals surface area (Å²) in [5, 5.41) is 0. The summed E-state index contributed by atoms with van der Waals surface area (Å²) in [7, 11) is 0. The van der Waals surface area contributed by atoms with Crippen molar-refractivity contribution in [1.29, 1.82) is 0 Å². The molecule has 0 radical (unpaired) electrons. The lowest BCUT2D eigenvalue weighted by Gasteiger charge is -1.92. The molecule has 0 aliphatic carbocycles. The molecule has 3 heteroatoms. The van der Waals surface area contributed by atoms with Gasteiger partial charge in [-0.05, 0) is 37.3 Å². The monoisotopic (exact) mass is 250 g/mol. The van der Waals surface area contributed by atoms with Gasteiger partial charge in [-0.3, -0.25) is 4.98 Å². The minimum Gasteiger partial charge on any atom is -0.260 e. The van der Waals surface area contributed by atoms with Crippen LogP contribution in [0.5, 0.6) is 0 Å². The van der Waals surface area contributed by atoms with Crippen LogP contribution in [0.3, 0.4) is 0 Å². The molecule has 0 fully saturated rings. The van der Waals surface area contributed by atoms with E-state index in [0.29, 0.717) is 0 Å². The number of benzene rings is 1. The zero-order valence-corrected chi connectivity index (χ0v) is 10.7. The molecule has 0 aliphatic rings. The van der Waals surface area contributed by atoms with Gasteiger partial charge in [-0.2, -0.15) is 0 Å². The number of thiazole rings is 1. The minimum absolute atomic E-state index is 0.930. The van der Waals surface area contributed by atoms with Crippen molar-refractivity contribution in [2.75, 3.05) is 0 Å². The highest BCUT2D eigenvalue weighted by molar-refractivity contribution is 7.16. The molecule has 0 unspecified atom stereocenters. The fourth-order valence-electron chi connectivity index (χ4n) is 1.62. The number of hydrogen-bond donors (Lipinski definition) is 0. The van der Waals surface area contributed by atoms with Crippen LogP contribution in [-0.4, -0.2) is 9.97 Å². The Kier molecular flexibility index (Phi) is 2.79. The Balaban J connectivity index is 1.94. The average Bonchev–Trinajstić information content (AvgIpc) is 2.85. The third-order valence-corrected chi connectivity index (χ3v) is 3.40. The quantitative estimate of drug-likeness (QED) is 0.571. The van der Waals surface area contributed by atoms with Gasteiger partial charge in [-0.1, -0.05) is 11.8 Å². The van der Waals surface area contributed by atoms with Crippen LogP contribution in [0.2, 0.25) is 0 Å². The Morgan fingerprint density at radius 2 is 1.83 bits per heavy atom. The molecule has 0 atom stereocenters. The first-order valence-electron chi connectivity index (χ1n) is 5.59. The zero-order chi connectivity index (χ0) is 12.4. The maximum atomic E-state index is 4.28. The fourth-order valence-corrected chi connectivity index (χ4v) is 2.28. The number of hydrogen-bond acceptors (Lipinski definition) is 3. The van der Waals surface area contributed by atoms with Gasteiger partial charge in [-0.15, -0.1) is 11.3 Å². The molecule has 0 saturated heterocycles. The van der Waals surface area contributed by atoms with E-state index in [4.69, 9.17) is 0 Å². The van der Waals surface area contributed by atoms with E-state index in [1.54, 1.807) is 17.5 Å². The molecule has 0 spiro atoms. The van der Waals surface area contributed by atoms with E-state index in [9.17, 15) is 0 Å². The van der Waals surface area contributed by atoms with E-state index >= 15 is 0 Å². The van der Waals surface area contributed by atoms with Crippen molar-refractivity contribution in [3.05, 3.63) is 58.9 Å². The molecule has 2 nitrogen and oxygen atoms in total. The highest BCUT2D eigenvalue weighted by Gasteiger charge is 1.96. The molecule has 18 heavy (non-hydrogen) atoms. The van der Waals surface area contributed by atoms with Gasteiger partial charge in [-0.25, -0.2) is 4.98 Å². The second-order valence-corrected chi connectivity index (χ2v) is 4.86. The molecule has 3 aromatic rings. The summed E-state index contributed by atoms with van der Waals surface area (Å²) in [5.41, 5.74) is 5.78. The molecular weight excluding hydrogens is 240 g/mol. The lowest BCUT2D eigenvalue weighted by Crippen LogP contribution is -1.81. The van der Waals surface area contributed by atoms with Crippen molar-refractivity contribution >= 4 is 21.6 Å². The Bertz CT molecular complexity index is 745. The molecule has 2 aromatic heterocycles. The zero-order valence-electron chi connectivity index (χ0n) is 9.84. The smallest absolute Gasteiger partial charge is 0.0824 e. The Morgan fingerprint density at radius 1 is 1.00 bits per heavy atom. The SMILES string of the molecule is Cc1ccc(C#Cc2ccc3scnc3c2)cn1. The first kappa shape index (κ1) is 10.9. The molecule has 0 aliphatic heterocycles. The summed E-state index contributed by atoms with van der Waals surface area (Å²) in [5.74, 6) is 6.25. The van der Waals surface area contributed by atoms with Gasteiger partial charge in [0, 0.05) is 23.0 Å². The standard InChI is InChI=1S/C15H10N2S/c1-11-2-3-13(9-16-11)5-4-12-6-7-15-14(8-12)17-10-18-15/h2-3,6-10H,1H3. The minimum atomic E-state index is 0.930. The van der Waals surface area contributed by atoms with Crippen LogP contribution in [-0.2, 0) is 0 Å². The highest BCUT2D eigenvalue weighted by atomic mass is 32.1. The van der Waals surface area contributed by atoms with Crippen LogP contribution in [0.1, 0.15) is 16.8 Å². The third kappa shape index (κ3) is 2.24. The number of rotatable bonds is 0. The average molecular weight is 250 g/mol. The predicted molar refractivity (Wildman–Crippen MR) is 74.6 cm³/mol. The third-order valence-electron chi connectivity index (χ3n) is 2.59. The summed E-state index contributed by atoms with van der Waals surface area (Å²) < 4.78 is 1.19. The number of aryl methyl sites for hydroxylation is 1. The summed E-state index contributed by atoms with van der Waals surface area (Å²) in [4.78, 5) is 8.50. The van der Waals surface area contributed by atoms with Crippen molar-refractivity contribution in [3.63, 3.8) is 0 Å². The Hall–Kier alpha value is -2.18. The number of nitrogens with zero attached hydrogens (tertiary/aromatic N) is 2. The van der Waals surface area contributed by atoms with Crippen molar-refractivity contribution in [2.45, 2.75) is 6.92 Å². The van der Waals surface area contributed by atoms with Crippen LogP contribution in [0, 0.1) is 18.8 Å². The van der Waals surface area contributed by atoms with Crippen LogP contribution in [0.15, 0.2) is 42.0 Å². The van der Waals surface area contributed by atoms with Crippen molar-refractivity contribution in [2.24, 2.45) is 0 Å². The Labute approximate surface area is 109 Å². The highest BCUT2D eigenvalue weighted by Crippen LogP contribution is 2.18. The van der Waals surface area contributed by atoms with Crippen molar-refractivity contribution in [1.82, 2.24) is 9.97 Å². The van der Waals surface area contributed by atoms with Gasteiger partial charge in [0.1, 0.15) is 0 Å². The number of aromatic nitrogens is 2. The summed E-state index contributed by atoms with van der Waals surface area (Å²) in [6.07, 6.45) is 1.80. The normalized spacial score (nSPS) is 10.1. The van der Waals surface area contributed by atoms with E-state index in [0.717, 1.165) is 22.3 Å². The van der Waals surface area contributed by atoms with E-state index in [-0.39, 0.29) is 0 Å². The van der Waals surface area contributed by atoms with Crippen LogP contribution in [0.4, 0.5) is 0 Å². The summed E-state index contributed by atoms with van der Waals surface area (Å²) >= 11 is 1.64. The first-order chi connectivity index (χ1) is 8.81. The number of fused-ring (bicyclic) bond motifs is 1. The first-order valence-corrected chi connectivity index (χ1v) is 6.47. The van der Waals surface area contributed by atoms with Gasteiger partial charge < -0.3 is 0 Å². The lowest BCUT2D eigenvalue weighted by molar-refractivity contribution is 1.19. The van der Waals surface area contributed by atoms with E-state index in [2.05, 4.69) is 27.9 Å². The molecule has 2 heterocycles. The van der Waals surface area contributed by atoms with Crippen molar-refractivity contribution in [3.8, 4) is 11.8 Å². The molecule has 1 aromatic carbocycles. The van der Waals surface area contributed by atoms with Crippen LogP contribution < -0.4 is 0 Å². The van der Waals surface area contributed by atoms with Gasteiger partial charge in [0.15, 0.2) is 0 Å². The maximum absolute atomic E-state index is 4.28.